The van der Waals surface area contributed by atoms with E-state index in [-0.39, 0.29) is 0 Å². The second-order valence-electron chi connectivity index (χ2n) is 2.97. The van der Waals surface area contributed by atoms with Crippen molar-refractivity contribution in [2.45, 2.75) is 0 Å². The van der Waals surface area contributed by atoms with Gasteiger partial charge in [-0.1, -0.05) is 0 Å². The Balaban J connectivity index is 2.58. The van der Waals surface area contributed by atoms with Crippen molar-refractivity contribution >= 4 is 12.2 Å². The maximum Gasteiger partial charge on any atom is 0.224 e. The molecule has 2 heterocycles. The summed E-state index contributed by atoms with van der Waals surface area (Å²) in [6.07, 6.45) is 1.67. The van der Waals surface area contributed by atoms with E-state index in [1.165, 1.54) is 0 Å². The summed E-state index contributed by atoms with van der Waals surface area (Å²) in [6, 6.07) is 3.70. The van der Waals surface area contributed by atoms with Crippen molar-refractivity contribution in [1.82, 2.24) is 19.7 Å². The van der Waals surface area contributed by atoms with Crippen LogP contribution >= 0.6 is 12.2 Å². The molecule has 0 radical (unpaired) electrons. The van der Waals surface area contributed by atoms with Crippen molar-refractivity contribution in [3.63, 3.8) is 0 Å². The molecule has 0 aromatic carbocycles. The van der Waals surface area contributed by atoms with E-state index in [0.29, 0.717) is 16.5 Å². The zero-order chi connectivity index (χ0) is 10.8. The van der Waals surface area contributed by atoms with Gasteiger partial charge in [0.05, 0.1) is 12.7 Å². The van der Waals surface area contributed by atoms with Gasteiger partial charge in [0.15, 0.2) is 5.82 Å². The van der Waals surface area contributed by atoms with Crippen molar-refractivity contribution in [3.8, 4) is 17.3 Å². The van der Waals surface area contributed by atoms with Gasteiger partial charge in [-0.2, -0.15) is 4.98 Å². The molecular formula is C9H10N4OS. The highest BCUT2D eigenvalue weighted by Gasteiger charge is 2.09. The van der Waals surface area contributed by atoms with Crippen molar-refractivity contribution in [1.29, 1.82) is 0 Å². The Hall–Kier alpha value is -1.69. The lowest BCUT2D eigenvalue weighted by Crippen LogP contribution is -1.93. The SMILES string of the molecule is COc1ncccc1-c1nc(=S)n(C)[nH]1. The fourth-order valence-corrected chi connectivity index (χ4v) is 1.39. The number of rotatable bonds is 2. The quantitative estimate of drug-likeness (QED) is 0.783. The Morgan fingerprint density at radius 2 is 2.33 bits per heavy atom. The lowest BCUT2D eigenvalue weighted by atomic mass is 10.2. The molecule has 5 nitrogen and oxygen atoms in total. The lowest BCUT2D eigenvalue weighted by molar-refractivity contribution is 0.399. The minimum atomic E-state index is 0.496. The number of hydrogen-bond acceptors (Lipinski definition) is 4. The maximum atomic E-state index is 5.13. The molecule has 78 valence electrons. The van der Waals surface area contributed by atoms with E-state index in [1.54, 1.807) is 18.0 Å². The Morgan fingerprint density at radius 3 is 2.93 bits per heavy atom. The molecule has 0 bridgehead atoms. The molecule has 0 spiro atoms. The predicted octanol–water partition coefficient (Wildman–Crippen LogP) is 1.55. The highest BCUT2D eigenvalue weighted by atomic mass is 32.1. The molecule has 6 heteroatoms. The van der Waals surface area contributed by atoms with Gasteiger partial charge >= 0.3 is 0 Å². The van der Waals surface area contributed by atoms with Crippen LogP contribution in [0.15, 0.2) is 18.3 Å². The van der Waals surface area contributed by atoms with E-state index in [0.717, 1.165) is 5.56 Å². The maximum absolute atomic E-state index is 5.13. The molecule has 0 aliphatic rings. The smallest absolute Gasteiger partial charge is 0.224 e. The first-order valence-electron chi connectivity index (χ1n) is 4.35. The summed E-state index contributed by atoms with van der Waals surface area (Å²) < 4.78 is 7.29. The third kappa shape index (κ3) is 1.75. The van der Waals surface area contributed by atoms with Gasteiger partial charge < -0.3 is 4.74 Å². The van der Waals surface area contributed by atoms with Crippen molar-refractivity contribution < 1.29 is 4.74 Å². The molecule has 0 unspecified atom stereocenters. The van der Waals surface area contributed by atoms with Gasteiger partial charge in [0.25, 0.3) is 0 Å². The third-order valence-electron chi connectivity index (χ3n) is 1.99. The molecule has 0 aliphatic carbocycles. The van der Waals surface area contributed by atoms with E-state index < -0.39 is 0 Å². The van der Waals surface area contributed by atoms with Gasteiger partial charge in [-0.15, -0.1) is 0 Å². The Morgan fingerprint density at radius 1 is 1.53 bits per heavy atom. The Kier molecular flexibility index (Phi) is 2.51. The average Bonchev–Trinajstić information content (AvgIpc) is 2.59. The molecule has 2 aromatic heterocycles. The molecule has 0 fully saturated rings. The molecular weight excluding hydrogens is 212 g/mol. The molecule has 0 saturated carbocycles. The molecule has 15 heavy (non-hydrogen) atoms. The van der Waals surface area contributed by atoms with Gasteiger partial charge in [-0.3, -0.25) is 9.78 Å². The van der Waals surface area contributed by atoms with E-state index in [4.69, 9.17) is 17.0 Å². The average molecular weight is 222 g/mol. The number of nitrogens with one attached hydrogen (secondary N) is 1. The van der Waals surface area contributed by atoms with Crippen molar-refractivity contribution in [2.24, 2.45) is 7.05 Å². The number of aromatic nitrogens is 4. The minimum Gasteiger partial charge on any atom is -0.480 e. The molecule has 2 rings (SSSR count). The largest absolute Gasteiger partial charge is 0.480 e. The number of methoxy groups -OCH3 is 1. The number of hydrogen-bond donors (Lipinski definition) is 1. The van der Waals surface area contributed by atoms with Gasteiger partial charge in [-0.25, -0.2) is 4.98 Å². The second-order valence-corrected chi connectivity index (χ2v) is 3.34. The highest BCUT2D eigenvalue weighted by molar-refractivity contribution is 7.71. The van der Waals surface area contributed by atoms with Crippen LogP contribution in [0, 0.1) is 4.77 Å². The summed E-state index contributed by atoms with van der Waals surface area (Å²) in [5.74, 6) is 1.19. The van der Waals surface area contributed by atoms with E-state index in [9.17, 15) is 0 Å². The number of H-pyrrole nitrogens is 1. The fourth-order valence-electron chi connectivity index (χ4n) is 1.26. The van der Waals surface area contributed by atoms with E-state index in [2.05, 4.69) is 15.1 Å². The zero-order valence-corrected chi connectivity index (χ0v) is 9.21. The first-order chi connectivity index (χ1) is 7.22. The number of aromatic amines is 1. The third-order valence-corrected chi connectivity index (χ3v) is 2.35. The van der Waals surface area contributed by atoms with E-state index in [1.807, 2.05) is 19.2 Å². The summed E-state index contributed by atoms with van der Waals surface area (Å²) in [5, 5.41) is 3.02. The van der Waals surface area contributed by atoms with Crippen LogP contribution in [0.2, 0.25) is 0 Å². The molecule has 2 aromatic rings. The van der Waals surface area contributed by atoms with Gasteiger partial charge in [0.1, 0.15) is 0 Å². The van der Waals surface area contributed by atoms with Crippen molar-refractivity contribution in [2.75, 3.05) is 7.11 Å². The van der Waals surface area contributed by atoms with E-state index >= 15 is 0 Å². The predicted molar refractivity (Wildman–Crippen MR) is 58.2 cm³/mol. The van der Waals surface area contributed by atoms with Gasteiger partial charge in [0, 0.05) is 13.2 Å². The molecule has 1 N–H and O–H groups in total. The summed E-state index contributed by atoms with van der Waals surface area (Å²) in [5.41, 5.74) is 0.798. The van der Waals surface area contributed by atoms with Crippen LogP contribution < -0.4 is 4.74 Å². The van der Waals surface area contributed by atoms with Crippen LogP contribution in [0.5, 0.6) is 5.88 Å². The topological polar surface area (TPSA) is 55.7 Å². The first kappa shape index (κ1) is 9.85. The first-order valence-corrected chi connectivity index (χ1v) is 4.75. The fraction of sp³-hybridized carbons (Fsp3) is 0.222. The molecule has 0 aliphatic heterocycles. The molecule has 0 atom stereocenters. The number of nitrogens with zero attached hydrogens (tertiary/aromatic N) is 3. The standard InChI is InChI=1S/C9H10N4OS/c1-13-9(15)11-7(12-13)6-4-3-5-10-8(6)14-2/h3-5H,1-2H3,(H,11,12,15). The summed E-state index contributed by atoms with van der Waals surface area (Å²) in [7, 11) is 3.38. The van der Waals surface area contributed by atoms with Gasteiger partial charge in [0.2, 0.25) is 10.7 Å². The van der Waals surface area contributed by atoms with Gasteiger partial charge in [-0.05, 0) is 24.4 Å². The highest BCUT2D eigenvalue weighted by Crippen LogP contribution is 2.23. The monoisotopic (exact) mass is 222 g/mol. The van der Waals surface area contributed by atoms with Crippen LogP contribution in [-0.2, 0) is 7.05 Å². The summed E-state index contributed by atoms with van der Waals surface area (Å²) in [4.78, 5) is 8.28. The van der Waals surface area contributed by atoms with Crippen LogP contribution in [0.4, 0.5) is 0 Å². The minimum absolute atomic E-state index is 0.496. The van der Waals surface area contributed by atoms with Crippen LogP contribution in [-0.4, -0.2) is 26.9 Å². The number of pyridine rings is 1. The molecule has 0 amide bonds. The number of aryl methyl sites for hydroxylation is 1. The Bertz CT molecular complexity index is 531. The second kappa shape index (κ2) is 3.82. The number of ether oxygens (including phenoxy) is 1. The lowest BCUT2D eigenvalue weighted by Gasteiger charge is -2.02. The summed E-state index contributed by atoms with van der Waals surface area (Å²) >= 11 is 5.01. The van der Waals surface area contributed by atoms with Crippen LogP contribution in [0.1, 0.15) is 0 Å². The summed E-state index contributed by atoms with van der Waals surface area (Å²) in [6.45, 7) is 0. The van der Waals surface area contributed by atoms with Crippen LogP contribution in [0.3, 0.4) is 0 Å². The Labute approximate surface area is 91.7 Å². The zero-order valence-electron chi connectivity index (χ0n) is 8.39. The van der Waals surface area contributed by atoms with Crippen molar-refractivity contribution in [3.05, 3.63) is 23.1 Å². The normalized spacial score (nSPS) is 10.3. The molecule has 0 saturated heterocycles. The van der Waals surface area contributed by atoms with Crippen LogP contribution in [0.25, 0.3) is 11.4 Å².